The molecular weight excluding hydrogens is 458 g/mol. The van der Waals surface area contributed by atoms with E-state index in [0.29, 0.717) is 18.7 Å². The number of sulfonamides is 1. The Morgan fingerprint density at radius 3 is 2.24 bits per heavy atom. The molecule has 2 aromatic carbocycles. The third kappa shape index (κ3) is 5.20. The lowest BCUT2D eigenvalue weighted by Crippen LogP contribution is -2.30. The van der Waals surface area contributed by atoms with Crippen molar-refractivity contribution in [3.8, 4) is 11.5 Å². The van der Waals surface area contributed by atoms with E-state index >= 15 is 0 Å². The van der Waals surface area contributed by atoms with Crippen LogP contribution in [0.3, 0.4) is 0 Å². The maximum absolute atomic E-state index is 12.9. The van der Waals surface area contributed by atoms with E-state index in [4.69, 9.17) is 4.42 Å². The van der Waals surface area contributed by atoms with Gasteiger partial charge in [0.05, 0.1) is 10.6 Å². The molecular formula is C24H29N3O4S2. The number of ketones is 1. The first-order valence-electron chi connectivity index (χ1n) is 10.8. The lowest BCUT2D eigenvalue weighted by atomic mass is 9.92. The average molecular weight is 488 g/mol. The second-order valence-corrected chi connectivity index (χ2v) is 10.7. The zero-order valence-corrected chi connectivity index (χ0v) is 21.4. The van der Waals surface area contributed by atoms with Gasteiger partial charge in [-0.3, -0.25) is 4.79 Å². The summed E-state index contributed by atoms with van der Waals surface area (Å²) < 4.78 is 32.7. The van der Waals surface area contributed by atoms with E-state index in [2.05, 4.69) is 16.3 Å². The summed E-state index contributed by atoms with van der Waals surface area (Å²) in [6.07, 6.45) is 0. The molecule has 0 aliphatic carbocycles. The van der Waals surface area contributed by atoms with Gasteiger partial charge < -0.3 is 4.42 Å². The third-order valence-corrected chi connectivity index (χ3v) is 8.67. The summed E-state index contributed by atoms with van der Waals surface area (Å²) in [5.74, 6) is 0.386. The predicted molar refractivity (Wildman–Crippen MR) is 130 cm³/mol. The molecule has 0 aliphatic rings. The lowest BCUT2D eigenvalue weighted by molar-refractivity contribution is 0.102. The summed E-state index contributed by atoms with van der Waals surface area (Å²) >= 11 is 1.17. The smallest absolute Gasteiger partial charge is 0.277 e. The van der Waals surface area contributed by atoms with E-state index < -0.39 is 10.0 Å². The Kier molecular flexibility index (Phi) is 7.76. The van der Waals surface area contributed by atoms with Crippen molar-refractivity contribution in [2.75, 3.05) is 18.8 Å². The molecule has 0 unspecified atom stereocenters. The van der Waals surface area contributed by atoms with Gasteiger partial charge in [0.2, 0.25) is 15.9 Å². The van der Waals surface area contributed by atoms with Crippen LogP contribution in [0.4, 0.5) is 0 Å². The van der Waals surface area contributed by atoms with Crippen LogP contribution in [0.15, 0.2) is 44.9 Å². The quantitative estimate of drug-likeness (QED) is 0.310. The molecule has 33 heavy (non-hydrogen) atoms. The van der Waals surface area contributed by atoms with Gasteiger partial charge in [0.1, 0.15) is 0 Å². The fraction of sp³-hybridized carbons (Fsp3) is 0.375. The molecule has 0 spiro atoms. The number of hydrogen-bond donors (Lipinski definition) is 0. The number of thioether (sulfide) groups is 1. The largest absolute Gasteiger partial charge is 0.411 e. The number of benzene rings is 2. The first-order valence-corrected chi connectivity index (χ1v) is 13.2. The molecule has 3 rings (SSSR count). The Hall–Kier alpha value is -2.49. The zero-order chi connectivity index (χ0) is 24.3. The molecule has 0 atom stereocenters. The van der Waals surface area contributed by atoms with E-state index in [0.717, 1.165) is 27.8 Å². The monoisotopic (exact) mass is 487 g/mol. The molecule has 0 radical (unpaired) electrons. The Morgan fingerprint density at radius 1 is 1.00 bits per heavy atom. The van der Waals surface area contributed by atoms with Crippen molar-refractivity contribution in [1.82, 2.24) is 14.5 Å². The van der Waals surface area contributed by atoms with Crippen molar-refractivity contribution < 1.29 is 17.6 Å². The number of nitrogens with zero attached hydrogens (tertiary/aromatic N) is 3. The molecule has 1 heterocycles. The summed E-state index contributed by atoms with van der Waals surface area (Å²) in [6.45, 7) is 12.3. The van der Waals surface area contributed by atoms with Crippen LogP contribution in [0.25, 0.3) is 11.5 Å². The zero-order valence-electron chi connectivity index (χ0n) is 19.8. The van der Waals surface area contributed by atoms with Crippen LogP contribution < -0.4 is 0 Å². The number of aromatic nitrogens is 2. The maximum Gasteiger partial charge on any atom is 0.277 e. The fourth-order valence-corrected chi connectivity index (χ4v) is 5.86. The number of carbonyl (C=O) groups excluding carboxylic acids is 1. The highest BCUT2D eigenvalue weighted by molar-refractivity contribution is 7.99. The molecule has 0 saturated heterocycles. The van der Waals surface area contributed by atoms with Gasteiger partial charge in [-0.2, -0.15) is 4.31 Å². The van der Waals surface area contributed by atoms with Crippen molar-refractivity contribution in [1.29, 1.82) is 0 Å². The highest BCUT2D eigenvalue weighted by atomic mass is 32.2. The number of Topliss-reactive ketones (excluding diaryl/α,β-unsaturated/α-hetero) is 1. The van der Waals surface area contributed by atoms with Gasteiger partial charge in [-0.25, -0.2) is 8.42 Å². The third-order valence-electron chi connectivity index (χ3n) is 5.80. The maximum atomic E-state index is 12.9. The first kappa shape index (κ1) is 25.1. The molecule has 7 nitrogen and oxygen atoms in total. The minimum Gasteiger partial charge on any atom is -0.411 e. The Bertz CT molecular complexity index is 1250. The summed E-state index contributed by atoms with van der Waals surface area (Å²) in [5.41, 5.74) is 5.41. The minimum atomic E-state index is -3.60. The summed E-state index contributed by atoms with van der Waals surface area (Å²) in [7, 11) is -3.60. The molecule has 176 valence electrons. The molecule has 0 amide bonds. The van der Waals surface area contributed by atoms with Gasteiger partial charge in [0.15, 0.2) is 5.78 Å². The predicted octanol–water partition coefficient (Wildman–Crippen LogP) is 4.98. The molecule has 1 aromatic heterocycles. The summed E-state index contributed by atoms with van der Waals surface area (Å²) in [4.78, 5) is 13.1. The van der Waals surface area contributed by atoms with Crippen LogP contribution in [0.2, 0.25) is 0 Å². The van der Waals surface area contributed by atoms with Crippen LogP contribution in [0.5, 0.6) is 0 Å². The molecule has 0 fully saturated rings. The fourth-order valence-electron chi connectivity index (χ4n) is 3.72. The van der Waals surface area contributed by atoms with Crippen molar-refractivity contribution >= 4 is 27.6 Å². The van der Waals surface area contributed by atoms with Crippen molar-refractivity contribution in [2.24, 2.45) is 0 Å². The van der Waals surface area contributed by atoms with Gasteiger partial charge in [-0.1, -0.05) is 37.7 Å². The van der Waals surface area contributed by atoms with Crippen molar-refractivity contribution in [3.05, 3.63) is 58.1 Å². The van der Waals surface area contributed by atoms with E-state index in [9.17, 15) is 13.2 Å². The molecule has 3 aromatic rings. The van der Waals surface area contributed by atoms with Crippen LogP contribution in [-0.2, 0) is 10.0 Å². The lowest BCUT2D eigenvalue weighted by Gasteiger charge is -2.18. The van der Waals surface area contributed by atoms with Gasteiger partial charge in [-0.15, -0.1) is 10.2 Å². The van der Waals surface area contributed by atoms with E-state index in [1.54, 1.807) is 32.0 Å². The minimum absolute atomic E-state index is 0.00821. The van der Waals surface area contributed by atoms with Gasteiger partial charge in [0, 0.05) is 24.2 Å². The van der Waals surface area contributed by atoms with Gasteiger partial charge in [0.25, 0.3) is 5.22 Å². The average Bonchev–Trinajstić information content (AvgIpc) is 3.26. The number of aryl methyl sites for hydroxylation is 2. The van der Waals surface area contributed by atoms with Crippen LogP contribution in [0.1, 0.15) is 46.5 Å². The van der Waals surface area contributed by atoms with Crippen LogP contribution in [0, 0.1) is 27.7 Å². The SMILES string of the molecule is CCN(CC)S(=O)(=O)c1cccc(-c2nnc(SCC(=O)c3c(C)c(C)cc(C)c3C)o2)c1. The molecule has 0 bridgehead atoms. The second kappa shape index (κ2) is 10.2. The van der Waals surface area contributed by atoms with E-state index in [1.807, 2.05) is 27.7 Å². The highest BCUT2D eigenvalue weighted by Gasteiger charge is 2.23. The van der Waals surface area contributed by atoms with E-state index in [-0.39, 0.29) is 27.5 Å². The summed E-state index contributed by atoms with van der Waals surface area (Å²) in [6, 6.07) is 8.54. The Labute approximate surface area is 199 Å². The second-order valence-electron chi connectivity index (χ2n) is 7.84. The number of hydrogen-bond acceptors (Lipinski definition) is 7. The molecule has 0 aliphatic heterocycles. The Morgan fingerprint density at radius 2 is 1.64 bits per heavy atom. The normalized spacial score (nSPS) is 11.8. The van der Waals surface area contributed by atoms with Crippen LogP contribution >= 0.6 is 11.8 Å². The number of rotatable bonds is 9. The topological polar surface area (TPSA) is 93.4 Å². The van der Waals surface area contributed by atoms with Crippen LogP contribution in [-0.4, -0.2) is 47.5 Å². The molecule has 0 N–H and O–H groups in total. The van der Waals surface area contributed by atoms with Gasteiger partial charge in [-0.05, 0) is 68.1 Å². The summed E-state index contributed by atoms with van der Waals surface area (Å²) in [5, 5.41) is 8.34. The highest BCUT2D eigenvalue weighted by Crippen LogP contribution is 2.28. The van der Waals surface area contributed by atoms with Crippen molar-refractivity contribution in [3.63, 3.8) is 0 Å². The number of carbonyl (C=O) groups is 1. The van der Waals surface area contributed by atoms with Gasteiger partial charge >= 0.3 is 0 Å². The first-order chi connectivity index (χ1) is 15.6. The van der Waals surface area contributed by atoms with Crippen molar-refractivity contribution in [2.45, 2.75) is 51.7 Å². The van der Waals surface area contributed by atoms with E-state index in [1.165, 1.54) is 22.1 Å². The molecule has 0 saturated carbocycles. The Balaban J connectivity index is 1.79. The standard InChI is InChI=1S/C24H29N3O4S2/c1-7-27(8-2)33(29,30)20-11-9-10-19(13-20)23-25-26-24(31-23)32-14-21(28)22-17(5)15(3)12-16(4)18(22)6/h9-13H,7-8,14H2,1-6H3. The molecule has 9 heteroatoms.